The summed E-state index contributed by atoms with van der Waals surface area (Å²) in [6.07, 6.45) is 2.22. The summed E-state index contributed by atoms with van der Waals surface area (Å²) < 4.78 is 5.86. The van der Waals surface area contributed by atoms with Gasteiger partial charge >= 0.3 is 0 Å². The maximum absolute atomic E-state index is 6.45. The molecule has 2 atom stereocenters. The van der Waals surface area contributed by atoms with Crippen molar-refractivity contribution in [2.45, 2.75) is 45.9 Å². The van der Waals surface area contributed by atoms with E-state index in [0.29, 0.717) is 6.04 Å². The van der Waals surface area contributed by atoms with Gasteiger partial charge in [-0.05, 0) is 51.6 Å². The first-order valence-corrected chi connectivity index (χ1v) is 9.81. The summed E-state index contributed by atoms with van der Waals surface area (Å²) in [6, 6.07) is 6.39. The van der Waals surface area contributed by atoms with E-state index in [-0.39, 0.29) is 12.1 Å². The first-order chi connectivity index (χ1) is 13.0. The third kappa shape index (κ3) is 4.73. The average Bonchev–Trinajstić information content (AvgIpc) is 3.04. The summed E-state index contributed by atoms with van der Waals surface area (Å²) >= 11 is 0. The monoisotopic (exact) mass is 372 g/mol. The fourth-order valence-corrected chi connectivity index (χ4v) is 3.50. The lowest BCUT2D eigenvalue weighted by Gasteiger charge is -2.34. The van der Waals surface area contributed by atoms with Gasteiger partial charge in [0.25, 0.3) is 0 Å². The van der Waals surface area contributed by atoms with E-state index in [9.17, 15) is 0 Å². The van der Waals surface area contributed by atoms with Crippen LogP contribution in [0.4, 0.5) is 0 Å². The van der Waals surface area contributed by atoms with Gasteiger partial charge in [0.15, 0.2) is 0 Å². The summed E-state index contributed by atoms with van der Waals surface area (Å²) in [6.45, 7) is 11.9. The van der Waals surface area contributed by atoms with Gasteiger partial charge in [0.05, 0.1) is 29.2 Å². The summed E-state index contributed by atoms with van der Waals surface area (Å²) in [5.41, 5.74) is 8.38. The molecule has 1 aliphatic rings. The largest absolute Gasteiger partial charge is 0.491 e. The Morgan fingerprint density at radius 2 is 2.30 bits per heavy atom. The minimum absolute atomic E-state index is 0.0421. The molecule has 0 aliphatic carbocycles. The number of rotatable bonds is 7. The van der Waals surface area contributed by atoms with E-state index in [0.717, 1.165) is 54.3 Å². The van der Waals surface area contributed by atoms with Crippen LogP contribution in [-0.4, -0.2) is 53.4 Å². The third-order valence-corrected chi connectivity index (χ3v) is 4.73. The van der Waals surface area contributed by atoms with Crippen LogP contribution in [0.15, 0.2) is 30.1 Å². The highest BCUT2D eigenvalue weighted by Gasteiger charge is 2.20. The van der Waals surface area contributed by atoms with Crippen molar-refractivity contribution in [1.82, 2.24) is 25.7 Å². The second-order valence-electron chi connectivity index (χ2n) is 7.41. The zero-order valence-electron chi connectivity index (χ0n) is 16.7. The molecule has 1 saturated heterocycles. The number of fused-ring (bicyclic) bond motifs is 1. The summed E-state index contributed by atoms with van der Waals surface area (Å²) in [4.78, 5) is 2.23. The normalized spacial score (nSPS) is 19.7. The quantitative estimate of drug-likeness (QED) is 0.595. The Hall–Kier alpha value is -2.25. The second-order valence-corrected chi connectivity index (χ2v) is 7.41. The van der Waals surface area contributed by atoms with Crippen molar-refractivity contribution in [3.63, 3.8) is 0 Å². The van der Waals surface area contributed by atoms with Crippen molar-refractivity contribution < 1.29 is 4.74 Å². The van der Waals surface area contributed by atoms with Gasteiger partial charge in [-0.25, -0.2) is 0 Å². The van der Waals surface area contributed by atoms with Crippen molar-refractivity contribution in [2.75, 3.05) is 26.2 Å². The van der Waals surface area contributed by atoms with Crippen LogP contribution in [0.1, 0.15) is 39.4 Å². The second kappa shape index (κ2) is 8.63. The maximum Gasteiger partial charge on any atom is 0.120 e. The fourth-order valence-electron chi connectivity index (χ4n) is 3.50. The number of piperazine rings is 1. The van der Waals surface area contributed by atoms with Crippen molar-refractivity contribution >= 4 is 10.9 Å². The number of ether oxygens (including phenoxy) is 1. The van der Waals surface area contributed by atoms with E-state index in [4.69, 9.17) is 10.5 Å². The van der Waals surface area contributed by atoms with Crippen molar-refractivity contribution in [1.29, 1.82) is 0 Å². The molecule has 0 radical (unpaired) electrons. The van der Waals surface area contributed by atoms with Crippen LogP contribution in [0.25, 0.3) is 10.9 Å². The fraction of sp³-hybridized carbons (Fsp3) is 0.550. The van der Waals surface area contributed by atoms with Gasteiger partial charge < -0.3 is 26.0 Å². The Morgan fingerprint density at radius 1 is 1.48 bits per heavy atom. The molecule has 7 nitrogen and oxygen atoms in total. The molecular weight excluding hydrogens is 340 g/mol. The van der Waals surface area contributed by atoms with Crippen LogP contribution in [0.2, 0.25) is 0 Å². The minimum Gasteiger partial charge on any atom is -0.491 e. The van der Waals surface area contributed by atoms with Crippen LogP contribution in [0.3, 0.4) is 0 Å². The van der Waals surface area contributed by atoms with Crippen LogP contribution >= 0.6 is 0 Å². The number of benzene rings is 1. The zero-order valence-corrected chi connectivity index (χ0v) is 16.7. The highest BCUT2D eigenvalue weighted by molar-refractivity contribution is 5.83. The summed E-state index contributed by atoms with van der Waals surface area (Å²) in [7, 11) is 0. The standard InChI is InChI=1S/C20H32N6O/c1-5-22-18(11-19(21)26-9-8-23-14(4)12-26)20-16-10-15(27-13(2)3)6-7-17(16)24-25-20/h6-7,10-11,13-14,18,22-23H,5,8-9,12,21H2,1-4H3,(H,24,25)/b19-11+. The topological polar surface area (TPSA) is 91.2 Å². The van der Waals surface area contributed by atoms with Crippen molar-refractivity contribution in [2.24, 2.45) is 5.73 Å². The lowest BCUT2D eigenvalue weighted by Crippen LogP contribution is -2.50. The molecule has 0 spiro atoms. The minimum atomic E-state index is -0.0421. The molecule has 5 N–H and O–H groups in total. The summed E-state index contributed by atoms with van der Waals surface area (Å²) in [5.74, 6) is 1.65. The molecule has 27 heavy (non-hydrogen) atoms. The number of hydrogen-bond donors (Lipinski definition) is 4. The lowest BCUT2D eigenvalue weighted by molar-refractivity contribution is 0.243. The molecule has 2 unspecified atom stereocenters. The molecule has 3 rings (SSSR count). The predicted octanol–water partition coefficient (Wildman–Crippen LogP) is 2.09. The van der Waals surface area contributed by atoms with Crippen LogP contribution in [0, 0.1) is 0 Å². The molecule has 1 aromatic carbocycles. The van der Waals surface area contributed by atoms with Crippen LogP contribution in [0.5, 0.6) is 5.75 Å². The van der Waals surface area contributed by atoms with E-state index in [1.165, 1.54) is 0 Å². The number of likely N-dealkylation sites (N-methyl/N-ethyl adjacent to an activating group) is 1. The highest BCUT2D eigenvalue weighted by atomic mass is 16.5. The number of aromatic amines is 1. The number of nitrogens with one attached hydrogen (secondary N) is 3. The molecule has 0 amide bonds. The maximum atomic E-state index is 6.45. The van der Waals surface area contributed by atoms with Gasteiger partial charge in [0.2, 0.25) is 0 Å². The Kier molecular flexibility index (Phi) is 6.23. The third-order valence-electron chi connectivity index (χ3n) is 4.73. The highest BCUT2D eigenvalue weighted by Crippen LogP contribution is 2.27. The lowest BCUT2D eigenvalue weighted by atomic mass is 10.1. The van der Waals surface area contributed by atoms with Gasteiger partial charge in [-0.2, -0.15) is 5.10 Å². The molecule has 1 aliphatic heterocycles. The Morgan fingerprint density at radius 3 is 3.00 bits per heavy atom. The Bertz CT molecular complexity index is 784. The number of hydrogen-bond acceptors (Lipinski definition) is 6. The first-order valence-electron chi connectivity index (χ1n) is 9.81. The molecule has 148 valence electrons. The van der Waals surface area contributed by atoms with Gasteiger partial charge in [-0.15, -0.1) is 0 Å². The van der Waals surface area contributed by atoms with E-state index < -0.39 is 0 Å². The SMILES string of the molecule is CCNC(/C=C(\N)N1CCNC(C)C1)c1[nH]nc2ccc(OC(C)C)cc12. The Labute approximate surface area is 161 Å². The van der Waals surface area contributed by atoms with Gasteiger partial charge in [0, 0.05) is 31.1 Å². The molecule has 0 bridgehead atoms. The number of nitrogens with two attached hydrogens (primary N) is 1. The van der Waals surface area contributed by atoms with Gasteiger partial charge in [0.1, 0.15) is 5.75 Å². The molecule has 2 aromatic rings. The van der Waals surface area contributed by atoms with E-state index in [2.05, 4.69) is 51.7 Å². The number of aromatic nitrogens is 2. The molecule has 7 heteroatoms. The molecular formula is C20H32N6O. The van der Waals surface area contributed by atoms with Gasteiger partial charge in [-0.3, -0.25) is 5.10 Å². The van der Waals surface area contributed by atoms with Crippen LogP contribution in [-0.2, 0) is 0 Å². The summed E-state index contributed by atoms with van der Waals surface area (Å²) in [5, 5.41) is 15.7. The molecule has 1 fully saturated rings. The molecule has 0 saturated carbocycles. The molecule has 1 aromatic heterocycles. The zero-order chi connectivity index (χ0) is 19.4. The first kappa shape index (κ1) is 19.5. The van der Waals surface area contributed by atoms with Crippen molar-refractivity contribution in [3.8, 4) is 5.75 Å². The van der Waals surface area contributed by atoms with Crippen LogP contribution < -0.4 is 21.1 Å². The van der Waals surface area contributed by atoms with Gasteiger partial charge in [-0.1, -0.05) is 6.92 Å². The number of H-pyrrole nitrogens is 1. The van der Waals surface area contributed by atoms with Crippen molar-refractivity contribution in [3.05, 3.63) is 35.8 Å². The van der Waals surface area contributed by atoms with E-state index in [1.807, 2.05) is 26.0 Å². The predicted molar refractivity (Wildman–Crippen MR) is 110 cm³/mol. The molecule has 2 heterocycles. The number of nitrogens with zero attached hydrogens (tertiary/aromatic N) is 2. The van der Waals surface area contributed by atoms with E-state index >= 15 is 0 Å². The Balaban J connectivity index is 1.90. The average molecular weight is 373 g/mol. The smallest absolute Gasteiger partial charge is 0.120 e. The van der Waals surface area contributed by atoms with E-state index in [1.54, 1.807) is 0 Å².